The van der Waals surface area contributed by atoms with Crippen molar-refractivity contribution in [2.75, 3.05) is 9.86 Å². The van der Waals surface area contributed by atoms with Crippen molar-refractivity contribution in [3.05, 3.63) is 12.7 Å². The number of allylic oxidation sites excluding steroid dienone is 1. The summed E-state index contributed by atoms with van der Waals surface area (Å²) in [6, 6.07) is 0. The second kappa shape index (κ2) is 5.70. The Hall–Kier alpha value is -0.0600. The van der Waals surface area contributed by atoms with Crippen molar-refractivity contribution in [1.29, 1.82) is 0 Å². The normalized spacial score (nSPS) is 10.4. The van der Waals surface area contributed by atoms with Crippen LogP contribution in [0.5, 0.6) is 0 Å². The Labute approximate surface area is 69.6 Å². The van der Waals surface area contributed by atoms with E-state index in [9.17, 15) is 4.79 Å². The van der Waals surface area contributed by atoms with Crippen molar-refractivity contribution in [1.82, 2.24) is 0 Å². The molecule has 0 aliphatic carbocycles. The molecule has 60 valence electrons. The average Bonchev–Trinajstić information content (AvgIpc) is 1.82. The van der Waals surface area contributed by atoms with Crippen molar-refractivity contribution in [3.8, 4) is 0 Å². The van der Waals surface area contributed by atoms with Crippen LogP contribution in [0.15, 0.2) is 12.7 Å². The van der Waals surface area contributed by atoms with Crippen LogP contribution in [0.1, 0.15) is 12.8 Å². The van der Waals surface area contributed by atoms with E-state index >= 15 is 0 Å². The number of rotatable bonds is 4. The second-order valence-corrected chi connectivity index (χ2v) is 6.32. The molecular weight excluding hydrogens is 243 g/mol. The second-order valence-electron chi connectivity index (χ2n) is 1.96. The molecule has 0 rings (SSSR count). The van der Waals surface area contributed by atoms with Gasteiger partial charge in [-0.05, 0) is 0 Å². The molecule has 0 aliphatic heterocycles. The molecule has 0 aromatic carbocycles. The van der Waals surface area contributed by atoms with Gasteiger partial charge in [0, 0.05) is 0 Å². The van der Waals surface area contributed by atoms with Crippen molar-refractivity contribution in [2.45, 2.75) is 12.8 Å². The molecule has 0 bridgehead atoms. The van der Waals surface area contributed by atoms with E-state index in [1.54, 1.807) is 6.08 Å². The van der Waals surface area contributed by atoms with Gasteiger partial charge in [-0.15, -0.1) is 0 Å². The van der Waals surface area contributed by atoms with Crippen molar-refractivity contribution >= 4 is 26.2 Å². The summed E-state index contributed by atoms with van der Waals surface area (Å²) in [5.74, 6) is -0.0740. The topological polar surface area (TPSA) is 26.3 Å². The third kappa shape index (κ3) is 6.07. The number of hydrogen-bond acceptors (Lipinski definition) is 2. The van der Waals surface area contributed by atoms with Gasteiger partial charge in [0.2, 0.25) is 0 Å². The molecular formula is C7H13IO2. The van der Waals surface area contributed by atoms with Gasteiger partial charge in [0.25, 0.3) is 0 Å². The molecule has 0 spiro atoms. The zero-order valence-electron chi connectivity index (χ0n) is 6.39. The Morgan fingerprint density at radius 1 is 1.70 bits per heavy atom. The predicted octanol–water partition coefficient (Wildman–Crippen LogP) is 2.18. The predicted molar refractivity (Wildman–Crippen MR) is 51.4 cm³/mol. The zero-order chi connectivity index (χ0) is 7.98. The van der Waals surface area contributed by atoms with Crippen LogP contribution in [-0.2, 0) is 7.86 Å². The van der Waals surface area contributed by atoms with Gasteiger partial charge >= 0.3 is 69.4 Å². The van der Waals surface area contributed by atoms with Crippen LogP contribution in [0.3, 0.4) is 0 Å². The maximum atomic E-state index is 10.8. The molecule has 0 unspecified atom stereocenters. The molecule has 0 saturated heterocycles. The van der Waals surface area contributed by atoms with Crippen LogP contribution in [-0.4, -0.2) is 15.8 Å². The Morgan fingerprint density at radius 3 is 2.70 bits per heavy atom. The zero-order valence-corrected chi connectivity index (χ0v) is 8.55. The third-order valence-electron chi connectivity index (χ3n) is 0.793. The van der Waals surface area contributed by atoms with Gasteiger partial charge in [0.05, 0.1) is 0 Å². The number of carbonyl (C=O) groups is 1. The van der Waals surface area contributed by atoms with Gasteiger partial charge in [-0.1, -0.05) is 0 Å². The number of hydrogen-bond donors (Lipinski definition) is 0. The Kier molecular flexibility index (Phi) is 5.67. The SMILES string of the molecule is C=CCCC(=O)OI(C)C. The van der Waals surface area contributed by atoms with Crippen LogP contribution in [0.2, 0.25) is 0 Å². The standard InChI is InChI=1S/C7H13IO2/c1-4-5-6-7(9)10-8(2)3/h4H,1,5-6H2,2-3H3. The van der Waals surface area contributed by atoms with E-state index in [-0.39, 0.29) is 5.97 Å². The monoisotopic (exact) mass is 256 g/mol. The fourth-order valence-corrected chi connectivity index (χ4v) is 1.63. The van der Waals surface area contributed by atoms with E-state index in [2.05, 4.69) is 6.58 Å². The maximum absolute atomic E-state index is 10.8. The Bertz CT molecular complexity index is 121. The molecule has 0 aromatic heterocycles. The van der Waals surface area contributed by atoms with Gasteiger partial charge in [-0.3, -0.25) is 0 Å². The summed E-state index contributed by atoms with van der Waals surface area (Å²) in [6.45, 7) is 3.52. The van der Waals surface area contributed by atoms with E-state index in [4.69, 9.17) is 3.07 Å². The minimum atomic E-state index is -1.30. The first-order chi connectivity index (χ1) is 4.66. The van der Waals surface area contributed by atoms with Crippen LogP contribution < -0.4 is 0 Å². The van der Waals surface area contributed by atoms with Gasteiger partial charge in [-0.25, -0.2) is 0 Å². The fraction of sp³-hybridized carbons (Fsp3) is 0.571. The van der Waals surface area contributed by atoms with E-state index < -0.39 is 20.2 Å². The summed E-state index contributed by atoms with van der Waals surface area (Å²) >= 11 is -1.30. The summed E-state index contributed by atoms with van der Waals surface area (Å²) in [5.41, 5.74) is 0. The fourth-order valence-electron chi connectivity index (χ4n) is 0.431. The van der Waals surface area contributed by atoms with Crippen molar-refractivity contribution in [2.24, 2.45) is 0 Å². The van der Waals surface area contributed by atoms with E-state index in [0.717, 1.165) is 6.42 Å². The number of alkyl halides is 2. The average molecular weight is 256 g/mol. The first-order valence-corrected chi connectivity index (χ1v) is 8.18. The van der Waals surface area contributed by atoms with Crippen molar-refractivity contribution < 1.29 is 7.86 Å². The molecule has 0 aliphatic rings. The third-order valence-corrected chi connectivity index (χ3v) is 2.16. The molecule has 0 fully saturated rings. The van der Waals surface area contributed by atoms with Gasteiger partial charge in [0.1, 0.15) is 0 Å². The van der Waals surface area contributed by atoms with Crippen LogP contribution in [0.25, 0.3) is 0 Å². The molecule has 0 radical (unpaired) electrons. The van der Waals surface area contributed by atoms with Crippen LogP contribution in [0, 0.1) is 0 Å². The first kappa shape index (κ1) is 9.94. The summed E-state index contributed by atoms with van der Waals surface area (Å²) in [6.07, 6.45) is 2.94. The Balaban J connectivity index is 3.34. The number of carbonyl (C=O) groups excluding carboxylic acids is 1. The minimum absolute atomic E-state index is 0.0740. The molecule has 2 nitrogen and oxygen atoms in total. The van der Waals surface area contributed by atoms with Crippen LogP contribution in [0.4, 0.5) is 0 Å². The summed E-state index contributed by atoms with van der Waals surface area (Å²) in [7, 11) is 0. The summed E-state index contributed by atoms with van der Waals surface area (Å²) in [4.78, 5) is 14.8. The molecule has 0 amide bonds. The molecule has 10 heavy (non-hydrogen) atoms. The number of halogens is 1. The quantitative estimate of drug-likeness (QED) is 0.437. The molecule has 0 atom stereocenters. The summed E-state index contributed by atoms with van der Waals surface area (Å²) < 4.78 is 5.02. The van der Waals surface area contributed by atoms with Gasteiger partial charge < -0.3 is 0 Å². The van der Waals surface area contributed by atoms with Crippen LogP contribution >= 0.6 is 20.2 Å². The van der Waals surface area contributed by atoms with Gasteiger partial charge in [-0.2, -0.15) is 0 Å². The molecule has 0 N–H and O–H groups in total. The molecule has 0 aromatic rings. The van der Waals surface area contributed by atoms with E-state index in [1.807, 2.05) is 9.86 Å². The molecule has 0 heterocycles. The van der Waals surface area contributed by atoms with E-state index in [1.165, 1.54) is 0 Å². The summed E-state index contributed by atoms with van der Waals surface area (Å²) in [5, 5.41) is 0. The van der Waals surface area contributed by atoms with E-state index in [0.29, 0.717) is 6.42 Å². The first-order valence-electron chi connectivity index (χ1n) is 2.99. The van der Waals surface area contributed by atoms with Gasteiger partial charge in [0.15, 0.2) is 0 Å². The molecule has 0 saturated carbocycles. The van der Waals surface area contributed by atoms with Crippen molar-refractivity contribution in [3.63, 3.8) is 0 Å². The molecule has 3 heteroatoms. The Morgan fingerprint density at radius 2 is 2.30 bits per heavy atom.